The lowest BCUT2D eigenvalue weighted by molar-refractivity contribution is 0.415. The van der Waals surface area contributed by atoms with E-state index < -0.39 is 0 Å². The highest BCUT2D eigenvalue weighted by molar-refractivity contribution is 7.14. The number of rotatable bonds is 5. The molecule has 0 saturated carbocycles. The lowest BCUT2D eigenvalue weighted by atomic mass is 10.1. The maximum absolute atomic E-state index is 8.97. The second kappa shape index (κ2) is 8.17. The Kier molecular flexibility index (Phi) is 5.06. The first kappa shape index (κ1) is 19.8. The molecule has 0 radical (unpaired) electrons. The molecule has 2 N–H and O–H groups in total. The maximum Gasteiger partial charge on any atom is 0.187 e. The van der Waals surface area contributed by atoms with E-state index in [1.54, 1.807) is 30.6 Å². The molecule has 0 aliphatic carbocycles. The van der Waals surface area contributed by atoms with E-state index in [-0.39, 0.29) is 0 Å². The summed E-state index contributed by atoms with van der Waals surface area (Å²) < 4.78 is 5.33. The Morgan fingerprint density at radius 3 is 2.66 bits per heavy atom. The number of methoxy groups -OCH3 is 1. The second-order valence-electron chi connectivity index (χ2n) is 7.35. The molecule has 2 aromatic heterocycles. The van der Waals surface area contributed by atoms with Crippen LogP contribution in [0, 0.1) is 18.3 Å². The van der Waals surface area contributed by atoms with Crippen molar-refractivity contribution in [2.45, 2.75) is 6.92 Å². The van der Waals surface area contributed by atoms with E-state index >= 15 is 0 Å². The van der Waals surface area contributed by atoms with Crippen molar-refractivity contribution in [2.24, 2.45) is 0 Å². The van der Waals surface area contributed by atoms with Crippen LogP contribution < -0.4 is 10.1 Å². The molecule has 5 rings (SSSR count). The molecular weight excluding hydrogens is 418 g/mol. The summed E-state index contributed by atoms with van der Waals surface area (Å²) in [6.07, 6.45) is 0. The smallest absolute Gasteiger partial charge is 0.187 e. The molecule has 0 fully saturated rings. The molecule has 6 nitrogen and oxygen atoms in total. The number of aromatic nitrogens is 3. The first-order valence-corrected chi connectivity index (χ1v) is 10.9. The lowest BCUT2D eigenvalue weighted by Crippen LogP contribution is -1.93. The topological polar surface area (TPSA) is 86.6 Å². The summed E-state index contributed by atoms with van der Waals surface area (Å²) in [4.78, 5) is 12.9. The number of H-pyrrole nitrogens is 1. The molecule has 0 spiro atoms. The van der Waals surface area contributed by atoms with Crippen LogP contribution in [0.2, 0.25) is 0 Å². The zero-order valence-corrected chi connectivity index (χ0v) is 18.3. The van der Waals surface area contributed by atoms with Crippen LogP contribution in [0.1, 0.15) is 11.1 Å². The Bertz CT molecular complexity index is 1460. The van der Waals surface area contributed by atoms with Crippen molar-refractivity contribution in [1.29, 1.82) is 5.26 Å². The zero-order chi connectivity index (χ0) is 22.1. The van der Waals surface area contributed by atoms with Crippen LogP contribution >= 0.6 is 11.3 Å². The predicted octanol–water partition coefficient (Wildman–Crippen LogP) is 6.29. The number of aromatic amines is 1. The standard InChI is InChI=1S/C25H19N5OS/c1-15-10-21-22(28-24(27-21)18-4-3-5-19(11-18)31-2)12-20(15)29-25-30-23(14-32-25)17-8-6-16(13-26)7-9-17/h3-12,14H,1-2H3,(H,27,28)(H,29,30). The highest BCUT2D eigenvalue weighted by atomic mass is 32.1. The van der Waals surface area contributed by atoms with Gasteiger partial charge in [-0.05, 0) is 48.9 Å². The summed E-state index contributed by atoms with van der Waals surface area (Å²) in [6, 6.07) is 21.5. The molecule has 3 aromatic carbocycles. The van der Waals surface area contributed by atoms with Crippen molar-refractivity contribution in [3.05, 3.63) is 77.2 Å². The number of aryl methyl sites for hydroxylation is 1. The lowest BCUT2D eigenvalue weighted by Gasteiger charge is -2.06. The molecule has 32 heavy (non-hydrogen) atoms. The number of imidazole rings is 1. The van der Waals surface area contributed by atoms with E-state index in [1.165, 1.54) is 0 Å². The minimum atomic E-state index is 0.638. The van der Waals surface area contributed by atoms with E-state index in [1.807, 2.05) is 47.8 Å². The molecular formula is C25H19N5OS. The molecule has 0 bridgehead atoms. The number of fused-ring (bicyclic) bond motifs is 1. The molecule has 0 unspecified atom stereocenters. The first-order chi connectivity index (χ1) is 15.6. The summed E-state index contributed by atoms with van der Waals surface area (Å²) in [7, 11) is 1.66. The van der Waals surface area contributed by atoms with Gasteiger partial charge in [0.05, 0.1) is 35.5 Å². The predicted molar refractivity (Wildman–Crippen MR) is 128 cm³/mol. The van der Waals surface area contributed by atoms with Crippen LogP contribution in [0.5, 0.6) is 5.75 Å². The molecule has 5 aromatic rings. The van der Waals surface area contributed by atoms with Crippen molar-refractivity contribution in [2.75, 3.05) is 12.4 Å². The Morgan fingerprint density at radius 1 is 1.03 bits per heavy atom. The van der Waals surface area contributed by atoms with Crippen LogP contribution in [0.3, 0.4) is 0 Å². The first-order valence-electron chi connectivity index (χ1n) is 10.0. The normalized spacial score (nSPS) is 10.8. The third kappa shape index (κ3) is 3.80. The number of nitrogens with one attached hydrogen (secondary N) is 2. The number of hydrogen-bond donors (Lipinski definition) is 2. The average Bonchev–Trinajstić information content (AvgIpc) is 3.46. The Hall–Kier alpha value is -4.15. The van der Waals surface area contributed by atoms with E-state index in [9.17, 15) is 0 Å². The molecule has 0 atom stereocenters. The Balaban J connectivity index is 1.42. The van der Waals surface area contributed by atoms with Gasteiger partial charge in [-0.25, -0.2) is 9.97 Å². The van der Waals surface area contributed by atoms with E-state index in [0.717, 1.165) is 55.8 Å². The summed E-state index contributed by atoms with van der Waals surface area (Å²) in [6.45, 7) is 2.06. The molecule has 0 amide bonds. The number of nitrogens with zero attached hydrogens (tertiary/aromatic N) is 3. The fourth-order valence-corrected chi connectivity index (χ4v) is 4.23. The van der Waals surface area contributed by atoms with Gasteiger partial charge in [-0.15, -0.1) is 11.3 Å². The monoisotopic (exact) mass is 437 g/mol. The van der Waals surface area contributed by atoms with E-state index in [0.29, 0.717) is 5.56 Å². The van der Waals surface area contributed by atoms with Gasteiger partial charge < -0.3 is 15.0 Å². The fraction of sp³-hybridized carbons (Fsp3) is 0.0800. The highest BCUT2D eigenvalue weighted by Crippen LogP contribution is 2.31. The van der Waals surface area contributed by atoms with Crippen LogP contribution in [-0.2, 0) is 0 Å². The van der Waals surface area contributed by atoms with Gasteiger partial charge in [0.2, 0.25) is 0 Å². The Morgan fingerprint density at radius 2 is 1.88 bits per heavy atom. The van der Waals surface area contributed by atoms with Gasteiger partial charge in [0.15, 0.2) is 5.13 Å². The van der Waals surface area contributed by atoms with Crippen molar-refractivity contribution in [3.63, 3.8) is 0 Å². The van der Waals surface area contributed by atoms with Crippen LogP contribution in [0.15, 0.2) is 66.0 Å². The zero-order valence-electron chi connectivity index (χ0n) is 17.5. The average molecular weight is 438 g/mol. The van der Waals surface area contributed by atoms with Gasteiger partial charge in [0, 0.05) is 22.2 Å². The molecule has 0 aliphatic rings. The maximum atomic E-state index is 8.97. The van der Waals surface area contributed by atoms with Crippen LogP contribution in [0.25, 0.3) is 33.7 Å². The number of benzene rings is 3. The van der Waals surface area contributed by atoms with Gasteiger partial charge in [-0.1, -0.05) is 24.3 Å². The summed E-state index contributed by atoms with van der Waals surface area (Å²) >= 11 is 1.54. The van der Waals surface area contributed by atoms with Crippen molar-refractivity contribution in [3.8, 4) is 34.5 Å². The number of anilines is 2. The van der Waals surface area contributed by atoms with Crippen molar-refractivity contribution in [1.82, 2.24) is 15.0 Å². The van der Waals surface area contributed by atoms with Crippen LogP contribution in [-0.4, -0.2) is 22.1 Å². The molecule has 2 heterocycles. The van der Waals surface area contributed by atoms with Gasteiger partial charge in [0.25, 0.3) is 0 Å². The molecule has 0 saturated heterocycles. The molecule has 7 heteroatoms. The number of nitriles is 1. The number of hydrogen-bond acceptors (Lipinski definition) is 6. The second-order valence-corrected chi connectivity index (χ2v) is 8.21. The largest absolute Gasteiger partial charge is 0.497 e. The van der Waals surface area contributed by atoms with E-state index in [4.69, 9.17) is 20.0 Å². The minimum Gasteiger partial charge on any atom is -0.497 e. The third-order valence-corrected chi connectivity index (χ3v) is 5.98. The highest BCUT2D eigenvalue weighted by Gasteiger charge is 2.11. The molecule has 156 valence electrons. The quantitative estimate of drug-likeness (QED) is 0.338. The summed E-state index contributed by atoms with van der Waals surface area (Å²) in [5, 5.41) is 15.2. The third-order valence-electron chi connectivity index (χ3n) is 5.23. The van der Waals surface area contributed by atoms with Gasteiger partial charge >= 0.3 is 0 Å². The van der Waals surface area contributed by atoms with Crippen molar-refractivity contribution >= 4 is 33.2 Å². The summed E-state index contributed by atoms with van der Waals surface area (Å²) in [5.41, 5.74) is 7.37. The van der Waals surface area contributed by atoms with Gasteiger partial charge in [-0.2, -0.15) is 5.26 Å². The fourth-order valence-electron chi connectivity index (χ4n) is 3.50. The summed E-state index contributed by atoms with van der Waals surface area (Å²) in [5.74, 6) is 1.59. The number of thiazole rings is 1. The number of ether oxygens (including phenoxy) is 1. The van der Waals surface area contributed by atoms with Crippen LogP contribution in [0.4, 0.5) is 10.8 Å². The molecule has 0 aliphatic heterocycles. The Labute approximate surface area is 189 Å². The van der Waals surface area contributed by atoms with E-state index in [2.05, 4.69) is 29.4 Å². The van der Waals surface area contributed by atoms with Gasteiger partial charge in [0.1, 0.15) is 11.6 Å². The minimum absolute atomic E-state index is 0.638. The van der Waals surface area contributed by atoms with Gasteiger partial charge in [-0.3, -0.25) is 0 Å². The SMILES string of the molecule is COc1cccc(-c2nc3cc(Nc4nc(-c5ccc(C#N)cc5)cs4)c(C)cc3[nH]2)c1. The van der Waals surface area contributed by atoms with Crippen molar-refractivity contribution < 1.29 is 4.74 Å².